The largest absolute Gasteiger partial charge is 0.480 e. The van der Waals surface area contributed by atoms with Crippen LogP contribution in [0.15, 0.2) is 47.4 Å². The lowest BCUT2D eigenvalue weighted by Crippen LogP contribution is -2.43. The van der Waals surface area contributed by atoms with Gasteiger partial charge in [-0.25, -0.2) is 8.42 Å². The first-order valence-electron chi connectivity index (χ1n) is 7.65. The molecule has 0 aliphatic carbocycles. The number of sulfonamides is 1. The third kappa shape index (κ3) is 4.39. The quantitative estimate of drug-likeness (QED) is 0.833. The number of aliphatic carboxylic acids is 1. The Morgan fingerprint density at radius 1 is 1.12 bits per heavy atom. The second-order valence-electron chi connectivity index (χ2n) is 5.95. The number of carbonyl (C=O) groups is 1. The number of carboxylic acid groups (broad SMARTS) is 1. The van der Waals surface area contributed by atoms with Gasteiger partial charge in [0.1, 0.15) is 6.04 Å². The van der Waals surface area contributed by atoms with Crippen LogP contribution in [0.2, 0.25) is 5.02 Å². The summed E-state index contributed by atoms with van der Waals surface area (Å²) in [5.41, 5.74) is 2.90. The number of carboxylic acids is 1. The van der Waals surface area contributed by atoms with Gasteiger partial charge in [0, 0.05) is 12.1 Å². The standard InChI is InChI=1S/C18H20ClNO4S/c1-12-4-5-14(10-13(12)2)11-17(18(21)22)20(3)25(23,24)16-8-6-15(19)7-9-16/h4-10,17H,11H2,1-3H3,(H,21,22). The van der Waals surface area contributed by atoms with Gasteiger partial charge in [-0.1, -0.05) is 29.8 Å². The molecule has 1 N–H and O–H groups in total. The Bertz CT molecular complexity index is 878. The van der Waals surface area contributed by atoms with E-state index < -0.39 is 22.0 Å². The van der Waals surface area contributed by atoms with Crippen LogP contribution in [0.25, 0.3) is 0 Å². The number of aryl methyl sites for hydroxylation is 2. The van der Waals surface area contributed by atoms with Crippen LogP contribution in [0, 0.1) is 13.8 Å². The molecule has 0 heterocycles. The highest BCUT2D eigenvalue weighted by Gasteiger charge is 2.33. The molecule has 134 valence electrons. The van der Waals surface area contributed by atoms with E-state index in [1.54, 1.807) is 0 Å². The second kappa shape index (κ2) is 7.56. The zero-order valence-corrected chi connectivity index (χ0v) is 15.8. The Labute approximate surface area is 152 Å². The summed E-state index contributed by atoms with van der Waals surface area (Å²) in [5, 5.41) is 9.96. The summed E-state index contributed by atoms with van der Waals surface area (Å²) in [5.74, 6) is -1.20. The first-order chi connectivity index (χ1) is 11.6. The van der Waals surface area contributed by atoms with Gasteiger partial charge < -0.3 is 5.11 Å². The number of hydrogen-bond acceptors (Lipinski definition) is 3. The third-order valence-corrected chi connectivity index (χ3v) is 6.35. The topological polar surface area (TPSA) is 74.7 Å². The van der Waals surface area contributed by atoms with Crippen molar-refractivity contribution in [1.82, 2.24) is 4.31 Å². The van der Waals surface area contributed by atoms with E-state index in [1.165, 1.54) is 31.3 Å². The number of likely N-dealkylation sites (N-methyl/N-ethyl adjacent to an activating group) is 1. The first kappa shape index (κ1) is 19.4. The number of benzene rings is 2. The van der Waals surface area contributed by atoms with Gasteiger partial charge in [-0.3, -0.25) is 4.79 Å². The summed E-state index contributed by atoms with van der Waals surface area (Å²) >= 11 is 5.79. The molecule has 0 aromatic heterocycles. The Kier molecular flexibility index (Phi) is 5.87. The number of rotatable bonds is 6. The summed E-state index contributed by atoms with van der Waals surface area (Å²) in [6.07, 6.45) is 0.0831. The van der Waals surface area contributed by atoms with Crippen LogP contribution >= 0.6 is 11.6 Å². The van der Waals surface area contributed by atoms with Crippen LogP contribution in [0.3, 0.4) is 0 Å². The zero-order valence-electron chi connectivity index (χ0n) is 14.2. The van der Waals surface area contributed by atoms with Gasteiger partial charge in [-0.05, 0) is 61.2 Å². The minimum Gasteiger partial charge on any atom is -0.480 e. The van der Waals surface area contributed by atoms with Gasteiger partial charge in [-0.15, -0.1) is 0 Å². The molecule has 25 heavy (non-hydrogen) atoms. The molecule has 7 heteroatoms. The van der Waals surface area contributed by atoms with E-state index in [-0.39, 0.29) is 11.3 Å². The molecule has 5 nitrogen and oxygen atoms in total. The molecule has 2 rings (SSSR count). The van der Waals surface area contributed by atoms with Gasteiger partial charge in [0.25, 0.3) is 0 Å². The average molecular weight is 382 g/mol. The van der Waals surface area contributed by atoms with Crippen molar-refractivity contribution in [3.8, 4) is 0 Å². The molecule has 0 saturated heterocycles. The van der Waals surface area contributed by atoms with Crippen LogP contribution in [0.4, 0.5) is 0 Å². The van der Waals surface area contributed by atoms with Crippen molar-refractivity contribution in [3.63, 3.8) is 0 Å². The van der Waals surface area contributed by atoms with Crippen LogP contribution in [0.5, 0.6) is 0 Å². The highest BCUT2D eigenvalue weighted by Crippen LogP contribution is 2.21. The molecule has 0 aliphatic heterocycles. The molecule has 0 saturated carbocycles. The van der Waals surface area contributed by atoms with Crippen molar-refractivity contribution in [3.05, 3.63) is 64.2 Å². The smallest absolute Gasteiger partial charge is 0.322 e. The van der Waals surface area contributed by atoms with E-state index >= 15 is 0 Å². The Balaban J connectivity index is 2.33. The van der Waals surface area contributed by atoms with E-state index in [2.05, 4.69) is 0 Å². The summed E-state index contributed by atoms with van der Waals surface area (Å²) in [6.45, 7) is 3.90. The van der Waals surface area contributed by atoms with Crippen molar-refractivity contribution >= 4 is 27.6 Å². The maximum atomic E-state index is 12.7. The molecular weight excluding hydrogens is 362 g/mol. The monoisotopic (exact) mass is 381 g/mol. The van der Waals surface area contributed by atoms with E-state index in [0.717, 1.165) is 21.0 Å². The van der Waals surface area contributed by atoms with Crippen molar-refractivity contribution < 1.29 is 18.3 Å². The van der Waals surface area contributed by atoms with E-state index in [9.17, 15) is 18.3 Å². The fourth-order valence-corrected chi connectivity index (χ4v) is 3.90. The Morgan fingerprint density at radius 2 is 1.72 bits per heavy atom. The molecule has 0 amide bonds. The van der Waals surface area contributed by atoms with Crippen LogP contribution in [0.1, 0.15) is 16.7 Å². The van der Waals surface area contributed by atoms with E-state index in [4.69, 9.17) is 11.6 Å². The fraction of sp³-hybridized carbons (Fsp3) is 0.278. The molecule has 0 spiro atoms. The SMILES string of the molecule is Cc1ccc(CC(C(=O)O)N(C)S(=O)(=O)c2ccc(Cl)cc2)cc1C. The Hall–Kier alpha value is -1.89. The highest BCUT2D eigenvalue weighted by molar-refractivity contribution is 7.89. The fourth-order valence-electron chi connectivity index (χ4n) is 2.47. The predicted molar refractivity (Wildman–Crippen MR) is 97.4 cm³/mol. The molecule has 0 aliphatic rings. The van der Waals surface area contributed by atoms with Gasteiger partial charge in [-0.2, -0.15) is 4.31 Å². The zero-order chi connectivity index (χ0) is 18.8. The van der Waals surface area contributed by atoms with Crippen LogP contribution in [-0.2, 0) is 21.2 Å². The van der Waals surface area contributed by atoms with E-state index in [0.29, 0.717) is 5.02 Å². The van der Waals surface area contributed by atoms with Crippen molar-refractivity contribution in [1.29, 1.82) is 0 Å². The van der Waals surface area contributed by atoms with Crippen LogP contribution in [-0.4, -0.2) is 36.9 Å². The van der Waals surface area contributed by atoms with Crippen LogP contribution < -0.4 is 0 Å². The molecule has 0 bridgehead atoms. The van der Waals surface area contributed by atoms with Gasteiger partial charge in [0.05, 0.1) is 4.90 Å². The lowest BCUT2D eigenvalue weighted by molar-refractivity contribution is -0.141. The predicted octanol–water partition coefficient (Wildman–Crippen LogP) is 3.27. The van der Waals surface area contributed by atoms with Gasteiger partial charge in [0.2, 0.25) is 10.0 Å². The summed E-state index contributed by atoms with van der Waals surface area (Å²) in [4.78, 5) is 11.7. The Morgan fingerprint density at radius 3 is 2.24 bits per heavy atom. The molecule has 2 aromatic rings. The highest BCUT2D eigenvalue weighted by atomic mass is 35.5. The normalized spacial score (nSPS) is 13.0. The maximum Gasteiger partial charge on any atom is 0.322 e. The summed E-state index contributed by atoms with van der Waals surface area (Å²) in [7, 11) is -2.66. The molecule has 0 radical (unpaired) electrons. The first-order valence-corrected chi connectivity index (χ1v) is 9.47. The van der Waals surface area contributed by atoms with Crippen molar-refractivity contribution in [2.75, 3.05) is 7.05 Å². The summed E-state index contributed by atoms with van der Waals surface area (Å²) < 4.78 is 26.3. The van der Waals surface area contributed by atoms with Crippen molar-refractivity contribution in [2.45, 2.75) is 31.2 Å². The number of halogens is 1. The number of hydrogen-bond donors (Lipinski definition) is 1. The summed E-state index contributed by atoms with van der Waals surface area (Å²) in [6, 6.07) is 10.0. The maximum absolute atomic E-state index is 12.7. The van der Waals surface area contributed by atoms with Gasteiger partial charge in [0.15, 0.2) is 0 Å². The molecule has 2 aromatic carbocycles. The second-order valence-corrected chi connectivity index (χ2v) is 8.39. The minimum absolute atomic E-state index is 0.00531. The van der Waals surface area contributed by atoms with E-state index in [1.807, 2.05) is 32.0 Å². The molecular formula is C18H20ClNO4S. The lowest BCUT2D eigenvalue weighted by atomic mass is 10.0. The number of nitrogens with zero attached hydrogens (tertiary/aromatic N) is 1. The molecule has 0 fully saturated rings. The van der Waals surface area contributed by atoms with Gasteiger partial charge >= 0.3 is 5.97 Å². The van der Waals surface area contributed by atoms with Crippen molar-refractivity contribution in [2.24, 2.45) is 0 Å². The third-order valence-electron chi connectivity index (χ3n) is 4.21. The minimum atomic E-state index is -3.94. The lowest BCUT2D eigenvalue weighted by Gasteiger charge is -2.24. The molecule has 1 atom stereocenters. The average Bonchev–Trinajstić information content (AvgIpc) is 2.55. The molecule has 1 unspecified atom stereocenters.